The largest absolute Gasteiger partial charge is 0.508 e. The molecule has 2 unspecified atom stereocenters. The third-order valence-corrected chi connectivity index (χ3v) is 5.05. The number of phenols is 1. The van der Waals surface area contributed by atoms with Gasteiger partial charge in [-0.25, -0.2) is 0 Å². The van der Waals surface area contributed by atoms with Gasteiger partial charge in [0.2, 0.25) is 0 Å². The highest BCUT2D eigenvalue weighted by Crippen LogP contribution is 2.39. The molecule has 3 rings (SSSR count). The normalized spacial score (nSPS) is 27.7. The van der Waals surface area contributed by atoms with Crippen molar-refractivity contribution in [2.45, 2.75) is 45.6 Å². The molecule has 0 amide bonds. The van der Waals surface area contributed by atoms with Gasteiger partial charge in [-0.2, -0.15) is 0 Å². The molecule has 2 atom stereocenters. The van der Waals surface area contributed by atoms with Crippen molar-refractivity contribution in [3.8, 4) is 5.75 Å². The number of aryl methyl sites for hydroxylation is 1. The first-order valence-electron chi connectivity index (χ1n) is 7.71. The first-order valence-corrected chi connectivity index (χ1v) is 7.71. The molecule has 2 nitrogen and oxygen atoms in total. The molecule has 0 bridgehead atoms. The molecule has 1 aromatic carbocycles. The van der Waals surface area contributed by atoms with Crippen LogP contribution in [-0.2, 0) is 6.42 Å². The average molecular weight is 259 g/mol. The summed E-state index contributed by atoms with van der Waals surface area (Å²) in [6.45, 7) is 7.14. The second kappa shape index (κ2) is 5.16. The van der Waals surface area contributed by atoms with Gasteiger partial charge >= 0.3 is 0 Å². The maximum Gasteiger partial charge on any atom is 0.115 e. The zero-order valence-electron chi connectivity index (χ0n) is 12.1. The van der Waals surface area contributed by atoms with Crippen molar-refractivity contribution in [1.29, 1.82) is 0 Å². The van der Waals surface area contributed by atoms with Gasteiger partial charge in [0.1, 0.15) is 5.75 Å². The smallest absolute Gasteiger partial charge is 0.115 e. The van der Waals surface area contributed by atoms with Crippen LogP contribution in [0.4, 0.5) is 0 Å². The van der Waals surface area contributed by atoms with Crippen LogP contribution in [0.5, 0.6) is 5.75 Å². The summed E-state index contributed by atoms with van der Waals surface area (Å²) in [5.74, 6) is 2.06. The summed E-state index contributed by atoms with van der Waals surface area (Å²) < 4.78 is 0. The summed E-state index contributed by atoms with van der Waals surface area (Å²) in [6.07, 6.45) is 5.04. The van der Waals surface area contributed by atoms with E-state index >= 15 is 0 Å². The molecule has 2 heteroatoms. The quantitative estimate of drug-likeness (QED) is 0.874. The third kappa shape index (κ3) is 2.51. The van der Waals surface area contributed by atoms with Crippen LogP contribution >= 0.6 is 0 Å². The minimum Gasteiger partial charge on any atom is -0.508 e. The van der Waals surface area contributed by atoms with E-state index < -0.39 is 0 Å². The highest BCUT2D eigenvalue weighted by Gasteiger charge is 2.32. The molecule has 1 aromatic rings. The Labute approximate surface area is 116 Å². The first kappa shape index (κ1) is 13.0. The van der Waals surface area contributed by atoms with Crippen LogP contribution in [0.25, 0.3) is 0 Å². The molecule has 1 fully saturated rings. The average Bonchev–Trinajstić information content (AvgIpc) is 2.87. The van der Waals surface area contributed by atoms with Crippen molar-refractivity contribution in [2.24, 2.45) is 11.8 Å². The molecule has 0 aromatic heterocycles. The number of likely N-dealkylation sites (tertiary alicyclic amines) is 1. The van der Waals surface area contributed by atoms with E-state index in [2.05, 4.69) is 24.8 Å². The topological polar surface area (TPSA) is 23.5 Å². The Balaban J connectivity index is 1.82. The second-order valence-corrected chi connectivity index (χ2v) is 6.58. The molecule has 1 heterocycles. The Morgan fingerprint density at radius 1 is 1.26 bits per heavy atom. The van der Waals surface area contributed by atoms with Gasteiger partial charge in [0.05, 0.1) is 0 Å². The number of nitrogens with zero attached hydrogens (tertiary/aromatic N) is 1. The molecule has 0 spiro atoms. The number of phenolic OH excluding ortho intramolecular Hbond substituents is 1. The van der Waals surface area contributed by atoms with E-state index in [0.717, 1.165) is 11.8 Å². The molecule has 1 aliphatic heterocycles. The SMILES string of the molecule is CC(C)C1CCN(C2CCCc3ccc(O)cc32)C1. The summed E-state index contributed by atoms with van der Waals surface area (Å²) in [5.41, 5.74) is 2.83. The zero-order valence-corrected chi connectivity index (χ0v) is 12.1. The van der Waals surface area contributed by atoms with Gasteiger partial charge in [-0.3, -0.25) is 4.90 Å². The van der Waals surface area contributed by atoms with Crippen LogP contribution in [-0.4, -0.2) is 23.1 Å². The van der Waals surface area contributed by atoms with Crippen molar-refractivity contribution >= 4 is 0 Å². The van der Waals surface area contributed by atoms with E-state index in [1.54, 1.807) is 0 Å². The molecule has 1 aliphatic carbocycles. The van der Waals surface area contributed by atoms with Gasteiger partial charge in [0.15, 0.2) is 0 Å². The molecule has 1 saturated heterocycles. The number of hydrogen-bond donors (Lipinski definition) is 1. The van der Waals surface area contributed by atoms with Crippen molar-refractivity contribution in [1.82, 2.24) is 4.90 Å². The lowest BCUT2D eigenvalue weighted by Gasteiger charge is -2.33. The summed E-state index contributed by atoms with van der Waals surface area (Å²) >= 11 is 0. The number of hydrogen-bond acceptors (Lipinski definition) is 2. The maximum atomic E-state index is 9.77. The minimum absolute atomic E-state index is 0.422. The van der Waals surface area contributed by atoms with Crippen molar-refractivity contribution in [3.05, 3.63) is 29.3 Å². The monoisotopic (exact) mass is 259 g/mol. The van der Waals surface area contributed by atoms with E-state index in [1.165, 1.54) is 49.9 Å². The van der Waals surface area contributed by atoms with Crippen LogP contribution < -0.4 is 0 Å². The fraction of sp³-hybridized carbons (Fsp3) is 0.647. The highest BCUT2D eigenvalue weighted by molar-refractivity contribution is 5.38. The molecular formula is C17H25NO. The molecule has 0 saturated carbocycles. The standard InChI is InChI=1S/C17H25NO/c1-12(2)14-8-9-18(11-14)17-5-3-4-13-6-7-15(19)10-16(13)17/h6-7,10,12,14,17,19H,3-5,8-9,11H2,1-2H3. The summed E-state index contributed by atoms with van der Waals surface area (Å²) in [6, 6.07) is 6.50. The van der Waals surface area contributed by atoms with Crippen molar-refractivity contribution < 1.29 is 5.11 Å². The molecule has 19 heavy (non-hydrogen) atoms. The maximum absolute atomic E-state index is 9.77. The Hall–Kier alpha value is -1.02. The molecular weight excluding hydrogens is 234 g/mol. The van der Waals surface area contributed by atoms with Crippen LogP contribution in [0.2, 0.25) is 0 Å². The Kier molecular flexibility index (Phi) is 3.53. The van der Waals surface area contributed by atoms with E-state index in [-0.39, 0.29) is 0 Å². The summed E-state index contributed by atoms with van der Waals surface area (Å²) in [4.78, 5) is 2.65. The lowest BCUT2D eigenvalue weighted by atomic mass is 9.86. The number of aromatic hydroxyl groups is 1. The van der Waals surface area contributed by atoms with Crippen LogP contribution in [0.15, 0.2) is 18.2 Å². The predicted octanol–water partition coefficient (Wildman–Crippen LogP) is 3.75. The van der Waals surface area contributed by atoms with Gasteiger partial charge < -0.3 is 5.11 Å². The zero-order chi connectivity index (χ0) is 13.4. The second-order valence-electron chi connectivity index (χ2n) is 6.58. The number of fused-ring (bicyclic) bond motifs is 1. The minimum atomic E-state index is 0.422. The van der Waals surface area contributed by atoms with E-state index in [0.29, 0.717) is 11.8 Å². The van der Waals surface area contributed by atoms with Gasteiger partial charge in [-0.05, 0) is 67.3 Å². The lowest BCUT2D eigenvalue weighted by molar-refractivity contribution is 0.206. The Morgan fingerprint density at radius 3 is 2.84 bits per heavy atom. The fourth-order valence-corrected chi connectivity index (χ4v) is 3.78. The number of rotatable bonds is 2. The van der Waals surface area contributed by atoms with Gasteiger partial charge in [-0.1, -0.05) is 19.9 Å². The van der Waals surface area contributed by atoms with Crippen molar-refractivity contribution in [2.75, 3.05) is 13.1 Å². The van der Waals surface area contributed by atoms with E-state index in [4.69, 9.17) is 0 Å². The predicted molar refractivity (Wildman–Crippen MR) is 78.3 cm³/mol. The van der Waals surface area contributed by atoms with Crippen molar-refractivity contribution in [3.63, 3.8) is 0 Å². The van der Waals surface area contributed by atoms with Gasteiger partial charge in [0.25, 0.3) is 0 Å². The van der Waals surface area contributed by atoms with Crippen LogP contribution in [0.1, 0.15) is 50.3 Å². The van der Waals surface area contributed by atoms with Crippen LogP contribution in [0.3, 0.4) is 0 Å². The number of benzene rings is 1. The Morgan fingerprint density at radius 2 is 2.11 bits per heavy atom. The van der Waals surface area contributed by atoms with Gasteiger partial charge in [0, 0.05) is 12.6 Å². The third-order valence-electron chi connectivity index (χ3n) is 5.05. The molecule has 1 N–H and O–H groups in total. The van der Waals surface area contributed by atoms with E-state index in [9.17, 15) is 5.11 Å². The van der Waals surface area contributed by atoms with Crippen LogP contribution in [0, 0.1) is 11.8 Å². The molecule has 0 radical (unpaired) electrons. The lowest BCUT2D eigenvalue weighted by Crippen LogP contribution is -2.30. The molecule has 2 aliphatic rings. The fourth-order valence-electron chi connectivity index (χ4n) is 3.78. The highest BCUT2D eigenvalue weighted by atomic mass is 16.3. The Bertz CT molecular complexity index is 455. The first-order chi connectivity index (χ1) is 9.15. The summed E-state index contributed by atoms with van der Waals surface area (Å²) in [7, 11) is 0. The summed E-state index contributed by atoms with van der Waals surface area (Å²) in [5, 5.41) is 9.77. The molecule has 104 valence electrons. The van der Waals surface area contributed by atoms with Gasteiger partial charge in [-0.15, -0.1) is 0 Å². The van der Waals surface area contributed by atoms with E-state index in [1.807, 2.05) is 12.1 Å².